The summed E-state index contributed by atoms with van der Waals surface area (Å²) < 4.78 is 5.52. The van der Waals surface area contributed by atoms with Crippen molar-refractivity contribution in [2.75, 3.05) is 0 Å². The Bertz CT molecular complexity index is 661. The second-order valence-electron chi connectivity index (χ2n) is 9.22. The van der Waals surface area contributed by atoms with Gasteiger partial charge in [0.1, 0.15) is 5.60 Å². The van der Waals surface area contributed by atoms with Crippen molar-refractivity contribution in [3.63, 3.8) is 0 Å². The van der Waals surface area contributed by atoms with Gasteiger partial charge in [-0.2, -0.15) is 4.89 Å². The highest BCUT2D eigenvalue weighted by atomic mass is 17.2. The molecule has 0 aromatic rings. The fraction of sp³-hybridized carbons (Fsp3) is 0.750. The molecule has 24 heavy (non-hydrogen) atoms. The van der Waals surface area contributed by atoms with Crippen LogP contribution in [0.5, 0.6) is 0 Å². The first-order valence-corrected chi connectivity index (χ1v) is 9.14. The van der Waals surface area contributed by atoms with Gasteiger partial charge in [-0.15, -0.1) is 0 Å². The molecule has 2 saturated carbocycles. The molecule has 0 amide bonds. The fourth-order valence-electron chi connectivity index (χ4n) is 5.85. The van der Waals surface area contributed by atoms with E-state index in [9.17, 15) is 4.79 Å². The van der Waals surface area contributed by atoms with Crippen LogP contribution in [0.2, 0.25) is 0 Å². The summed E-state index contributed by atoms with van der Waals surface area (Å²) in [5.41, 5.74) is 1.95. The molecule has 0 N–H and O–H groups in total. The van der Waals surface area contributed by atoms with Gasteiger partial charge in [-0.25, -0.2) is 9.68 Å². The second kappa shape index (κ2) is 4.73. The normalized spacial score (nSPS) is 46.7. The van der Waals surface area contributed by atoms with Crippen LogP contribution in [-0.2, 0) is 19.3 Å². The summed E-state index contributed by atoms with van der Waals surface area (Å²) >= 11 is 0. The molecule has 2 fully saturated rings. The lowest BCUT2D eigenvalue weighted by Gasteiger charge is -2.60. The average Bonchev–Trinajstić information content (AvgIpc) is 2.74. The lowest BCUT2D eigenvalue weighted by molar-refractivity contribution is -0.438. The minimum Gasteiger partial charge on any atom is -0.419 e. The molecule has 0 radical (unpaired) electrons. The molecule has 4 rings (SSSR count). The van der Waals surface area contributed by atoms with Gasteiger partial charge < -0.3 is 4.74 Å². The van der Waals surface area contributed by atoms with E-state index in [1.165, 1.54) is 24.5 Å². The third-order valence-electron chi connectivity index (χ3n) is 7.14. The van der Waals surface area contributed by atoms with Crippen molar-refractivity contribution in [2.24, 2.45) is 16.7 Å². The van der Waals surface area contributed by atoms with Crippen LogP contribution in [0, 0.1) is 16.7 Å². The van der Waals surface area contributed by atoms with Crippen molar-refractivity contribution in [1.29, 1.82) is 0 Å². The van der Waals surface area contributed by atoms with Gasteiger partial charge in [0.05, 0.1) is 0 Å². The topological polar surface area (TPSA) is 44.8 Å². The summed E-state index contributed by atoms with van der Waals surface area (Å²) in [5, 5.41) is 0. The van der Waals surface area contributed by atoms with Crippen molar-refractivity contribution < 1.29 is 19.3 Å². The van der Waals surface area contributed by atoms with Crippen LogP contribution in [0.25, 0.3) is 0 Å². The largest absolute Gasteiger partial charge is 0.419 e. The predicted molar refractivity (Wildman–Crippen MR) is 89.7 cm³/mol. The second-order valence-corrected chi connectivity index (χ2v) is 9.22. The summed E-state index contributed by atoms with van der Waals surface area (Å²) in [4.78, 5) is 23.4. The van der Waals surface area contributed by atoms with E-state index in [2.05, 4.69) is 33.8 Å². The predicted octanol–water partition coefficient (Wildman–Crippen LogP) is 4.46. The Morgan fingerprint density at radius 2 is 1.83 bits per heavy atom. The summed E-state index contributed by atoms with van der Waals surface area (Å²) in [6.45, 7) is 11.1. The van der Waals surface area contributed by atoms with Crippen molar-refractivity contribution >= 4 is 5.97 Å². The van der Waals surface area contributed by atoms with Crippen molar-refractivity contribution in [3.05, 3.63) is 23.3 Å². The molecular weight excluding hydrogens is 304 g/mol. The Kier molecular flexibility index (Phi) is 3.22. The van der Waals surface area contributed by atoms with Gasteiger partial charge in [0, 0.05) is 11.6 Å². The molecule has 0 aromatic carbocycles. The molecule has 2 heterocycles. The van der Waals surface area contributed by atoms with Gasteiger partial charge in [0.2, 0.25) is 0 Å². The molecule has 0 saturated heterocycles. The average molecular weight is 332 g/mol. The van der Waals surface area contributed by atoms with Crippen molar-refractivity contribution in [2.45, 2.75) is 78.1 Å². The third kappa shape index (κ3) is 2.02. The number of hydrogen-bond acceptors (Lipinski definition) is 4. The summed E-state index contributed by atoms with van der Waals surface area (Å²) in [6, 6.07) is 0. The molecular formula is C20H28O4. The van der Waals surface area contributed by atoms with E-state index in [-0.39, 0.29) is 11.4 Å². The van der Waals surface area contributed by atoms with Crippen LogP contribution < -0.4 is 0 Å². The van der Waals surface area contributed by atoms with E-state index < -0.39 is 11.4 Å². The quantitative estimate of drug-likeness (QED) is 0.373. The maximum atomic E-state index is 11.8. The smallest absolute Gasteiger partial charge is 0.334 e. The van der Waals surface area contributed by atoms with Crippen LogP contribution >= 0.6 is 0 Å². The number of ether oxygens (including phenoxy) is 1. The fourth-order valence-corrected chi connectivity index (χ4v) is 5.85. The molecule has 2 aliphatic heterocycles. The highest BCUT2D eigenvalue weighted by molar-refractivity contribution is 5.86. The van der Waals surface area contributed by atoms with E-state index in [0.717, 1.165) is 24.8 Å². The summed E-state index contributed by atoms with van der Waals surface area (Å²) in [7, 11) is 0. The van der Waals surface area contributed by atoms with Crippen molar-refractivity contribution in [1.82, 2.24) is 0 Å². The van der Waals surface area contributed by atoms with E-state index in [1.807, 2.05) is 6.92 Å². The molecule has 2 aliphatic carbocycles. The zero-order chi connectivity index (χ0) is 17.4. The van der Waals surface area contributed by atoms with Gasteiger partial charge in [-0.05, 0) is 67.9 Å². The molecule has 4 heteroatoms. The zero-order valence-corrected chi connectivity index (χ0v) is 15.4. The Morgan fingerprint density at radius 1 is 1.08 bits per heavy atom. The monoisotopic (exact) mass is 332 g/mol. The number of esters is 1. The van der Waals surface area contributed by atoms with E-state index in [0.29, 0.717) is 11.3 Å². The molecule has 0 bridgehead atoms. The number of carbonyl (C=O) groups is 1. The maximum absolute atomic E-state index is 11.8. The van der Waals surface area contributed by atoms with Crippen LogP contribution in [0.15, 0.2) is 23.3 Å². The SMILES string of the molecule is CC1=CC(=O)O[C@@]12C=C1[C@@](C)(CC[C@@H]3C(C)(C)CCC[C@@]13C)OO2. The maximum Gasteiger partial charge on any atom is 0.334 e. The minimum atomic E-state index is -1.17. The number of rotatable bonds is 0. The molecule has 0 unspecified atom stereocenters. The van der Waals surface area contributed by atoms with E-state index >= 15 is 0 Å². The molecule has 0 aromatic heterocycles. The molecule has 4 nitrogen and oxygen atoms in total. The standard InChI is InChI=1S/C20H28O4/c1-13-11-16(21)22-20(13)12-15-18(4)9-6-8-17(2,3)14(18)7-10-19(15,5)23-24-20/h11-12,14H,6-10H2,1-5H3/t14-,18-,19-,20-/m1/s1. The van der Waals surface area contributed by atoms with Gasteiger partial charge in [-0.3, -0.25) is 0 Å². The Hall–Kier alpha value is -1.13. The van der Waals surface area contributed by atoms with E-state index in [4.69, 9.17) is 14.5 Å². The number of carbonyl (C=O) groups excluding carboxylic acids is 1. The first kappa shape index (κ1) is 16.3. The summed E-state index contributed by atoms with van der Waals surface area (Å²) in [5.74, 6) is -0.922. The molecule has 132 valence electrons. The molecule has 4 atom stereocenters. The first-order chi connectivity index (χ1) is 11.1. The van der Waals surface area contributed by atoms with Crippen LogP contribution in [0.4, 0.5) is 0 Å². The number of fused-ring (bicyclic) bond motifs is 3. The highest BCUT2D eigenvalue weighted by Crippen LogP contribution is 2.64. The Morgan fingerprint density at radius 3 is 2.50 bits per heavy atom. The number of hydrogen-bond donors (Lipinski definition) is 0. The van der Waals surface area contributed by atoms with Crippen LogP contribution in [-0.4, -0.2) is 17.4 Å². The first-order valence-electron chi connectivity index (χ1n) is 9.14. The molecule has 4 aliphatic rings. The minimum absolute atomic E-state index is 0.0564. The van der Waals surface area contributed by atoms with Gasteiger partial charge in [-0.1, -0.05) is 27.2 Å². The van der Waals surface area contributed by atoms with Crippen LogP contribution in [0.1, 0.15) is 66.7 Å². The summed E-state index contributed by atoms with van der Waals surface area (Å²) in [6.07, 6.45) is 9.27. The van der Waals surface area contributed by atoms with E-state index in [1.54, 1.807) is 0 Å². The zero-order valence-electron chi connectivity index (χ0n) is 15.4. The van der Waals surface area contributed by atoms with Crippen LogP contribution in [0.3, 0.4) is 0 Å². The third-order valence-corrected chi connectivity index (χ3v) is 7.14. The molecule has 1 spiro atoms. The Labute approximate surface area is 144 Å². The highest BCUT2D eigenvalue weighted by Gasteiger charge is 2.60. The lowest BCUT2D eigenvalue weighted by Crippen LogP contribution is -2.57. The van der Waals surface area contributed by atoms with Gasteiger partial charge in [0.25, 0.3) is 5.79 Å². The van der Waals surface area contributed by atoms with Gasteiger partial charge in [0.15, 0.2) is 0 Å². The lowest BCUT2D eigenvalue weighted by atomic mass is 9.47. The van der Waals surface area contributed by atoms with Crippen molar-refractivity contribution in [3.8, 4) is 0 Å². The Balaban J connectivity index is 1.84. The van der Waals surface area contributed by atoms with Gasteiger partial charge >= 0.3 is 5.97 Å².